The molecule has 3 heterocycles. The van der Waals surface area contributed by atoms with E-state index in [1.165, 1.54) is 6.20 Å². The molecular weight excluding hydrogens is 344 g/mol. The first-order valence-electron chi connectivity index (χ1n) is 8.77. The number of hydrogen-bond acceptors (Lipinski definition) is 4. The summed E-state index contributed by atoms with van der Waals surface area (Å²) in [5, 5.41) is 0. The van der Waals surface area contributed by atoms with E-state index in [9.17, 15) is 14.4 Å². The Bertz CT molecular complexity index is 1100. The quantitative estimate of drug-likeness (QED) is 0.766. The van der Waals surface area contributed by atoms with Gasteiger partial charge in [-0.1, -0.05) is 24.3 Å². The van der Waals surface area contributed by atoms with Crippen LogP contribution in [0.25, 0.3) is 0 Å². The number of rotatable bonds is 3. The van der Waals surface area contributed by atoms with E-state index in [0.717, 1.165) is 28.7 Å². The number of para-hydroxylation sites is 1. The van der Waals surface area contributed by atoms with Gasteiger partial charge in [0.2, 0.25) is 0 Å². The Morgan fingerprint density at radius 1 is 1.11 bits per heavy atom. The van der Waals surface area contributed by atoms with E-state index >= 15 is 0 Å². The summed E-state index contributed by atoms with van der Waals surface area (Å²) < 4.78 is 1.01. The van der Waals surface area contributed by atoms with Crippen LogP contribution in [0.2, 0.25) is 0 Å². The largest absolute Gasteiger partial charge is 0.328 e. The van der Waals surface area contributed by atoms with Crippen LogP contribution in [-0.4, -0.2) is 27.0 Å². The zero-order valence-electron chi connectivity index (χ0n) is 14.6. The fraction of sp³-hybridized carbons (Fsp3) is 0.200. The Morgan fingerprint density at radius 3 is 2.74 bits per heavy atom. The lowest BCUT2D eigenvalue weighted by atomic mass is 10.0. The summed E-state index contributed by atoms with van der Waals surface area (Å²) in [6.45, 7) is 0.543. The van der Waals surface area contributed by atoms with E-state index in [0.29, 0.717) is 12.2 Å². The Balaban J connectivity index is 1.73. The van der Waals surface area contributed by atoms with Crippen LogP contribution in [-0.2, 0) is 13.0 Å². The maximum atomic E-state index is 13.1. The second-order valence-corrected chi connectivity index (χ2v) is 6.41. The van der Waals surface area contributed by atoms with Crippen LogP contribution < -0.4 is 16.1 Å². The van der Waals surface area contributed by atoms with Crippen molar-refractivity contribution in [3.8, 4) is 0 Å². The second-order valence-electron chi connectivity index (χ2n) is 6.41. The lowest BCUT2D eigenvalue weighted by Gasteiger charge is -2.29. The van der Waals surface area contributed by atoms with Crippen LogP contribution in [0.4, 0.5) is 5.69 Å². The summed E-state index contributed by atoms with van der Waals surface area (Å²) in [5.74, 6) is -0.404. The molecule has 7 heteroatoms. The molecule has 0 saturated carbocycles. The van der Waals surface area contributed by atoms with E-state index in [-0.39, 0.29) is 12.1 Å². The maximum Gasteiger partial charge on any atom is 0.328 e. The van der Waals surface area contributed by atoms with Gasteiger partial charge >= 0.3 is 5.69 Å². The van der Waals surface area contributed by atoms with Crippen LogP contribution in [0.5, 0.6) is 0 Å². The predicted octanol–water partition coefficient (Wildman–Crippen LogP) is 1.57. The number of H-pyrrole nitrogens is 1. The first kappa shape index (κ1) is 17.0. The van der Waals surface area contributed by atoms with Crippen molar-refractivity contribution in [2.45, 2.75) is 19.4 Å². The molecule has 0 aliphatic carbocycles. The van der Waals surface area contributed by atoms with E-state index in [2.05, 4.69) is 9.97 Å². The Hall–Kier alpha value is -3.48. The third-order valence-corrected chi connectivity index (χ3v) is 4.69. The summed E-state index contributed by atoms with van der Waals surface area (Å²) in [5.41, 5.74) is 1.23. The van der Waals surface area contributed by atoms with E-state index in [1.54, 1.807) is 29.3 Å². The molecule has 1 N–H and O–H groups in total. The van der Waals surface area contributed by atoms with Crippen molar-refractivity contribution >= 4 is 11.6 Å². The molecular formula is C20H18N4O3. The van der Waals surface area contributed by atoms with Crippen molar-refractivity contribution in [3.05, 3.63) is 92.5 Å². The summed E-state index contributed by atoms with van der Waals surface area (Å²) in [6.07, 6.45) is 4.52. The number of carbonyl (C=O) groups excluding carboxylic acids is 1. The van der Waals surface area contributed by atoms with Gasteiger partial charge in [-0.15, -0.1) is 0 Å². The van der Waals surface area contributed by atoms with E-state index in [4.69, 9.17) is 0 Å². The fourth-order valence-electron chi connectivity index (χ4n) is 3.35. The number of benzene rings is 1. The van der Waals surface area contributed by atoms with Crippen LogP contribution in [0.1, 0.15) is 28.0 Å². The molecule has 2 aromatic heterocycles. The molecule has 0 unspecified atom stereocenters. The topological polar surface area (TPSA) is 88.1 Å². The summed E-state index contributed by atoms with van der Waals surface area (Å²) in [7, 11) is 0. The summed E-state index contributed by atoms with van der Waals surface area (Å²) in [6, 6.07) is 12.9. The van der Waals surface area contributed by atoms with Gasteiger partial charge in [-0.2, -0.15) is 0 Å². The van der Waals surface area contributed by atoms with E-state index in [1.807, 2.05) is 24.3 Å². The van der Waals surface area contributed by atoms with Crippen LogP contribution in [0, 0.1) is 0 Å². The van der Waals surface area contributed by atoms with Crippen molar-refractivity contribution in [2.75, 3.05) is 11.4 Å². The highest BCUT2D eigenvalue weighted by atomic mass is 16.2. The zero-order chi connectivity index (χ0) is 18.8. The molecule has 3 aromatic rings. The number of hydrogen-bond donors (Lipinski definition) is 1. The second kappa shape index (κ2) is 7.03. The lowest BCUT2D eigenvalue weighted by Crippen LogP contribution is -2.43. The molecule has 0 fully saturated rings. The number of nitrogens with zero attached hydrogens (tertiary/aromatic N) is 3. The van der Waals surface area contributed by atoms with Crippen LogP contribution >= 0.6 is 0 Å². The number of carbonyl (C=O) groups is 1. The number of aromatic amines is 1. The molecule has 0 saturated heterocycles. The first-order chi connectivity index (χ1) is 13.1. The zero-order valence-corrected chi connectivity index (χ0v) is 14.6. The van der Waals surface area contributed by atoms with Crippen molar-refractivity contribution in [2.24, 2.45) is 0 Å². The molecule has 27 heavy (non-hydrogen) atoms. The van der Waals surface area contributed by atoms with Crippen LogP contribution in [0.15, 0.2) is 64.4 Å². The van der Waals surface area contributed by atoms with Crippen molar-refractivity contribution in [1.29, 1.82) is 0 Å². The third kappa shape index (κ3) is 3.19. The number of pyridine rings is 1. The molecule has 0 radical (unpaired) electrons. The smallest absolute Gasteiger partial charge is 0.313 e. The highest BCUT2D eigenvalue weighted by molar-refractivity contribution is 6.06. The molecule has 1 aromatic carbocycles. The minimum absolute atomic E-state index is 0.00666. The van der Waals surface area contributed by atoms with Gasteiger partial charge in [-0.3, -0.25) is 19.1 Å². The standard InChI is InChI=1S/C20H18N4O3/c25-18(23-11-5-7-14-6-1-2-9-17(14)23)16-12-22-20(27)24(19(16)26)13-15-8-3-4-10-21-15/h1-4,6,8-10,12H,5,7,11,13H2,(H,22,27). The monoisotopic (exact) mass is 362 g/mol. The van der Waals surface area contributed by atoms with E-state index < -0.39 is 17.2 Å². The van der Waals surface area contributed by atoms with Gasteiger partial charge in [0.15, 0.2) is 0 Å². The molecule has 0 atom stereocenters. The molecule has 1 amide bonds. The highest BCUT2D eigenvalue weighted by Gasteiger charge is 2.26. The van der Waals surface area contributed by atoms with Crippen LogP contribution in [0.3, 0.4) is 0 Å². The van der Waals surface area contributed by atoms with Gasteiger partial charge in [0, 0.05) is 24.6 Å². The van der Waals surface area contributed by atoms with Crippen molar-refractivity contribution < 1.29 is 4.79 Å². The maximum absolute atomic E-state index is 13.1. The highest BCUT2D eigenvalue weighted by Crippen LogP contribution is 2.27. The van der Waals surface area contributed by atoms with Gasteiger partial charge in [0.25, 0.3) is 11.5 Å². The number of nitrogens with one attached hydrogen (secondary N) is 1. The third-order valence-electron chi connectivity index (χ3n) is 4.69. The minimum Gasteiger partial charge on any atom is -0.313 e. The van der Waals surface area contributed by atoms with Gasteiger partial charge in [0.1, 0.15) is 5.56 Å². The molecule has 1 aliphatic rings. The number of anilines is 1. The molecule has 4 rings (SSSR count). The lowest BCUT2D eigenvalue weighted by molar-refractivity contribution is 0.0982. The first-order valence-corrected chi connectivity index (χ1v) is 8.77. The minimum atomic E-state index is -0.613. The molecule has 7 nitrogen and oxygen atoms in total. The van der Waals surface area contributed by atoms with Crippen molar-refractivity contribution in [3.63, 3.8) is 0 Å². The van der Waals surface area contributed by atoms with Gasteiger partial charge in [-0.25, -0.2) is 4.79 Å². The number of aryl methyl sites for hydroxylation is 1. The number of fused-ring (bicyclic) bond motifs is 1. The number of aromatic nitrogens is 3. The van der Waals surface area contributed by atoms with Gasteiger partial charge < -0.3 is 9.88 Å². The Labute approximate surface area is 154 Å². The van der Waals surface area contributed by atoms with Gasteiger partial charge in [0.05, 0.1) is 12.2 Å². The molecule has 1 aliphatic heterocycles. The summed E-state index contributed by atoms with van der Waals surface area (Å²) in [4.78, 5) is 46.3. The Kier molecular flexibility index (Phi) is 4.42. The Morgan fingerprint density at radius 2 is 1.93 bits per heavy atom. The SMILES string of the molecule is O=C(c1c[nH]c(=O)n(Cc2ccccn2)c1=O)N1CCCc2ccccc21. The predicted molar refractivity (Wildman–Crippen MR) is 101 cm³/mol. The molecule has 0 spiro atoms. The molecule has 0 bridgehead atoms. The summed E-state index contributed by atoms with van der Waals surface area (Å²) >= 11 is 0. The average Bonchev–Trinajstić information content (AvgIpc) is 2.71. The fourth-order valence-corrected chi connectivity index (χ4v) is 3.35. The number of amides is 1. The van der Waals surface area contributed by atoms with Gasteiger partial charge in [-0.05, 0) is 36.6 Å². The normalized spacial score (nSPS) is 13.3. The molecule has 136 valence electrons. The average molecular weight is 362 g/mol. The van der Waals surface area contributed by atoms with Crippen molar-refractivity contribution in [1.82, 2.24) is 14.5 Å².